The summed E-state index contributed by atoms with van der Waals surface area (Å²) in [5, 5.41) is 11.1. The van der Waals surface area contributed by atoms with Crippen LogP contribution in [0.3, 0.4) is 0 Å². The molecular formula is C19H18FN3O2S2. The van der Waals surface area contributed by atoms with Crippen molar-refractivity contribution in [2.24, 2.45) is 0 Å². The van der Waals surface area contributed by atoms with Crippen molar-refractivity contribution in [3.05, 3.63) is 65.0 Å². The second kappa shape index (κ2) is 8.96. The van der Waals surface area contributed by atoms with Gasteiger partial charge in [0.1, 0.15) is 11.6 Å². The van der Waals surface area contributed by atoms with E-state index >= 15 is 0 Å². The van der Waals surface area contributed by atoms with Crippen molar-refractivity contribution in [2.75, 3.05) is 11.9 Å². The van der Waals surface area contributed by atoms with Crippen LogP contribution in [0.25, 0.3) is 0 Å². The summed E-state index contributed by atoms with van der Waals surface area (Å²) in [6.07, 6.45) is 0. The average Bonchev–Trinajstić information content (AvgIpc) is 3.06. The van der Waals surface area contributed by atoms with Gasteiger partial charge >= 0.3 is 0 Å². The van der Waals surface area contributed by atoms with Crippen molar-refractivity contribution in [1.82, 2.24) is 10.2 Å². The van der Waals surface area contributed by atoms with E-state index in [4.69, 9.17) is 4.74 Å². The van der Waals surface area contributed by atoms with Gasteiger partial charge in [-0.25, -0.2) is 4.39 Å². The Morgan fingerprint density at radius 3 is 2.56 bits per heavy atom. The second-order valence-corrected chi connectivity index (χ2v) is 8.15. The lowest BCUT2D eigenvalue weighted by molar-refractivity contribution is -0.118. The zero-order valence-electron chi connectivity index (χ0n) is 14.9. The van der Waals surface area contributed by atoms with Crippen LogP contribution < -0.4 is 10.1 Å². The Hall–Kier alpha value is -2.45. The van der Waals surface area contributed by atoms with E-state index in [1.165, 1.54) is 35.2 Å². The predicted molar refractivity (Wildman–Crippen MR) is 106 cm³/mol. The highest BCUT2D eigenvalue weighted by Gasteiger charge is 2.10. The summed E-state index contributed by atoms with van der Waals surface area (Å²) in [5.41, 5.74) is 3.15. The number of carbonyl (C=O) groups excluding carboxylic acids is 1. The van der Waals surface area contributed by atoms with Gasteiger partial charge in [0.2, 0.25) is 5.13 Å². The van der Waals surface area contributed by atoms with E-state index < -0.39 is 0 Å². The number of hydrogen-bond donors (Lipinski definition) is 1. The van der Waals surface area contributed by atoms with Gasteiger partial charge in [-0.2, -0.15) is 0 Å². The van der Waals surface area contributed by atoms with E-state index in [1.807, 2.05) is 32.0 Å². The van der Waals surface area contributed by atoms with E-state index in [9.17, 15) is 9.18 Å². The van der Waals surface area contributed by atoms with Gasteiger partial charge in [-0.1, -0.05) is 41.3 Å². The van der Waals surface area contributed by atoms with Crippen LogP contribution in [0.2, 0.25) is 0 Å². The summed E-state index contributed by atoms with van der Waals surface area (Å²) in [6.45, 7) is 3.86. The minimum atomic E-state index is -0.291. The van der Waals surface area contributed by atoms with Gasteiger partial charge in [-0.05, 0) is 54.8 Å². The highest BCUT2D eigenvalue weighted by molar-refractivity contribution is 8.00. The van der Waals surface area contributed by atoms with Crippen LogP contribution in [0.5, 0.6) is 5.75 Å². The maximum Gasteiger partial charge on any atom is 0.264 e. The molecule has 0 aliphatic rings. The molecule has 140 valence electrons. The van der Waals surface area contributed by atoms with Gasteiger partial charge in [0.05, 0.1) is 0 Å². The first kappa shape index (κ1) is 19.3. The Morgan fingerprint density at radius 1 is 1.15 bits per heavy atom. The summed E-state index contributed by atoms with van der Waals surface area (Å²) >= 11 is 2.77. The number of thioether (sulfide) groups is 1. The van der Waals surface area contributed by atoms with Crippen molar-refractivity contribution in [1.29, 1.82) is 0 Å². The van der Waals surface area contributed by atoms with Crippen LogP contribution >= 0.6 is 23.1 Å². The molecule has 5 nitrogen and oxygen atoms in total. The Bertz CT molecular complexity index is 909. The molecule has 1 N–H and O–H groups in total. The van der Waals surface area contributed by atoms with E-state index in [2.05, 4.69) is 15.5 Å². The molecule has 0 bridgehead atoms. The number of amides is 1. The molecule has 2 aromatic carbocycles. The van der Waals surface area contributed by atoms with Gasteiger partial charge in [0.25, 0.3) is 5.91 Å². The van der Waals surface area contributed by atoms with Crippen LogP contribution in [-0.4, -0.2) is 22.7 Å². The molecule has 3 aromatic rings. The molecule has 1 aromatic heterocycles. The minimum absolute atomic E-state index is 0.0967. The van der Waals surface area contributed by atoms with Crippen LogP contribution in [0.1, 0.15) is 16.7 Å². The van der Waals surface area contributed by atoms with E-state index in [-0.39, 0.29) is 18.3 Å². The first-order valence-electron chi connectivity index (χ1n) is 8.19. The van der Waals surface area contributed by atoms with Crippen LogP contribution in [-0.2, 0) is 10.5 Å². The van der Waals surface area contributed by atoms with Crippen molar-refractivity contribution in [3.63, 3.8) is 0 Å². The van der Waals surface area contributed by atoms with Crippen LogP contribution in [0, 0.1) is 19.7 Å². The molecule has 1 amide bonds. The zero-order chi connectivity index (χ0) is 19.2. The second-order valence-electron chi connectivity index (χ2n) is 5.95. The first-order valence-corrected chi connectivity index (χ1v) is 10.00. The number of aryl methyl sites for hydroxylation is 2. The van der Waals surface area contributed by atoms with Gasteiger partial charge in [-0.3, -0.25) is 10.1 Å². The molecule has 0 saturated carbocycles. The predicted octanol–water partition coefficient (Wildman–Crippen LogP) is 4.60. The molecule has 0 saturated heterocycles. The van der Waals surface area contributed by atoms with E-state index in [0.29, 0.717) is 16.6 Å². The molecule has 0 fully saturated rings. The van der Waals surface area contributed by atoms with Crippen LogP contribution in [0.15, 0.2) is 46.8 Å². The third kappa shape index (κ3) is 6.04. The van der Waals surface area contributed by atoms with Gasteiger partial charge in [-0.15, -0.1) is 10.2 Å². The fourth-order valence-corrected chi connectivity index (χ4v) is 4.09. The number of benzene rings is 2. The standard InChI is InChI=1S/C19H18FN3O2S2/c1-12-7-13(2)9-16(8-12)25-10-17(24)21-18-22-23-19(27-18)26-11-14-3-5-15(20)6-4-14/h3-9H,10-11H2,1-2H3,(H,21,22,24). The van der Waals surface area contributed by atoms with Gasteiger partial charge < -0.3 is 4.74 Å². The Balaban J connectivity index is 1.48. The Labute approximate surface area is 165 Å². The van der Waals surface area contributed by atoms with Gasteiger partial charge in [0, 0.05) is 5.75 Å². The van der Waals surface area contributed by atoms with E-state index in [1.54, 1.807) is 12.1 Å². The quantitative estimate of drug-likeness (QED) is 0.461. The largest absolute Gasteiger partial charge is 0.484 e. The summed E-state index contributed by atoms with van der Waals surface area (Å²) < 4.78 is 19.2. The number of halogens is 1. The summed E-state index contributed by atoms with van der Waals surface area (Å²) in [5.74, 6) is 0.766. The number of nitrogens with zero attached hydrogens (tertiary/aromatic N) is 2. The Kier molecular flexibility index (Phi) is 6.41. The minimum Gasteiger partial charge on any atom is -0.484 e. The monoisotopic (exact) mass is 403 g/mol. The highest BCUT2D eigenvalue weighted by Crippen LogP contribution is 2.28. The fourth-order valence-electron chi connectivity index (χ4n) is 2.36. The number of carbonyl (C=O) groups is 1. The number of ether oxygens (including phenoxy) is 1. The zero-order valence-corrected chi connectivity index (χ0v) is 16.5. The molecule has 27 heavy (non-hydrogen) atoms. The molecule has 3 rings (SSSR count). The molecule has 8 heteroatoms. The smallest absolute Gasteiger partial charge is 0.264 e. The molecular weight excluding hydrogens is 385 g/mol. The van der Waals surface area contributed by atoms with Crippen LogP contribution in [0.4, 0.5) is 9.52 Å². The first-order chi connectivity index (χ1) is 13.0. The summed E-state index contributed by atoms with van der Waals surface area (Å²) in [7, 11) is 0. The lowest BCUT2D eigenvalue weighted by Crippen LogP contribution is -2.20. The van der Waals surface area contributed by atoms with Crippen molar-refractivity contribution >= 4 is 34.1 Å². The fraction of sp³-hybridized carbons (Fsp3) is 0.211. The summed E-state index contributed by atoms with van der Waals surface area (Å²) in [6, 6.07) is 12.1. The third-order valence-electron chi connectivity index (χ3n) is 3.49. The number of aromatic nitrogens is 2. The molecule has 1 heterocycles. The number of hydrogen-bond acceptors (Lipinski definition) is 6. The van der Waals surface area contributed by atoms with Crippen molar-refractivity contribution in [3.8, 4) is 5.75 Å². The maximum atomic E-state index is 12.9. The van der Waals surface area contributed by atoms with Crippen molar-refractivity contribution in [2.45, 2.75) is 23.9 Å². The van der Waals surface area contributed by atoms with Crippen molar-refractivity contribution < 1.29 is 13.9 Å². The summed E-state index contributed by atoms with van der Waals surface area (Å²) in [4.78, 5) is 12.0. The SMILES string of the molecule is Cc1cc(C)cc(OCC(=O)Nc2nnc(SCc3ccc(F)cc3)s2)c1. The maximum absolute atomic E-state index is 12.9. The molecule has 0 aliphatic carbocycles. The molecule has 0 spiro atoms. The average molecular weight is 404 g/mol. The normalized spacial score (nSPS) is 10.6. The molecule has 0 atom stereocenters. The lowest BCUT2D eigenvalue weighted by atomic mass is 10.1. The lowest BCUT2D eigenvalue weighted by Gasteiger charge is -2.07. The molecule has 0 aliphatic heterocycles. The molecule has 0 radical (unpaired) electrons. The highest BCUT2D eigenvalue weighted by atomic mass is 32.2. The number of rotatable bonds is 7. The number of nitrogens with one attached hydrogen (secondary N) is 1. The van der Waals surface area contributed by atoms with Gasteiger partial charge in [0.15, 0.2) is 10.9 Å². The van der Waals surface area contributed by atoms with E-state index in [0.717, 1.165) is 21.0 Å². The Morgan fingerprint density at radius 2 is 1.85 bits per heavy atom. The third-order valence-corrected chi connectivity index (χ3v) is 5.54. The molecule has 0 unspecified atom stereocenters. The number of anilines is 1. The topological polar surface area (TPSA) is 64.1 Å².